The summed E-state index contributed by atoms with van der Waals surface area (Å²) >= 11 is 0. The lowest BCUT2D eigenvalue weighted by molar-refractivity contribution is 1.68. The van der Waals surface area contributed by atoms with Crippen LogP contribution in [-0.4, -0.2) is 0 Å². The topological polar surface area (TPSA) is 0 Å². The minimum atomic E-state index is 1.22. The van der Waals surface area contributed by atoms with Crippen LogP contribution in [0.4, 0.5) is 0 Å². The molecule has 16 rings (SSSR count). The minimum absolute atomic E-state index is 1.22. The molecule has 0 saturated carbocycles. The standard InChI is InChI=1S/C70H40/c1-3-11-47-42(9-1)21-23-55-53(47)25-27-59-57(55)29-35-65-61(59)31-33-63-49-13-5-7-15-51(49)67(39-69(63)65)44-19-17-41-18-20-45(38-46(41)37-44)68-40-70-64(50-14-6-8-16-52(50)68)34-32-62-60-28-26-54-48-12-4-2-10-43(48)22-24-56(54)58(60)30-36-66(62)70/h1-40H. The second-order valence-corrected chi connectivity index (χ2v) is 19.4. The predicted molar refractivity (Wildman–Crippen MR) is 305 cm³/mol. The summed E-state index contributed by atoms with van der Waals surface area (Å²) in [6.07, 6.45) is 0. The van der Waals surface area contributed by atoms with Crippen LogP contribution >= 0.6 is 0 Å². The maximum atomic E-state index is 2.46. The third-order valence-electron chi connectivity index (χ3n) is 16.0. The SMILES string of the molecule is c1ccc2c(c1)ccc1c2ccc2c1ccc1c3cc(-c4ccc5ccc(-c6cc7c(ccc8c7ccc7c9ccc%10ccccc%10c9ccc78)c7ccccc67)cc5c4)c4ccccc4c3ccc12. The van der Waals surface area contributed by atoms with E-state index in [1.807, 2.05) is 0 Å². The summed E-state index contributed by atoms with van der Waals surface area (Å²) in [5.41, 5.74) is 4.95. The van der Waals surface area contributed by atoms with Crippen molar-refractivity contribution in [2.45, 2.75) is 0 Å². The number of benzene rings is 16. The van der Waals surface area contributed by atoms with Crippen molar-refractivity contribution in [1.29, 1.82) is 0 Å². The number of fused-ring (bicyclic) bond motifs is 23. The first kappa shape index (κ1) is 37.9. The summed E-state index contributed by atoms with van der Waals surface area (Å²) < 4.78 is 0. The van der Waals surface area contributed by atoms with Crippen molar-refractivity contribution < 1.29 is 0 Å². The van der Waals surface area contributed by atoms with Gasteiger partial charge in [0.2, 0.25) is 0 Å². The predicted octanol–water partition coefficient (Wildman–Crippen LogP) is 20.0. The molecule has 0 saturated heterocycles. The van der Waals surface area contributed by atoms with Gasteiger partial charge in [-0.3, -0.25) is 0 Å². The van der Waals surface area contributed by atoms with Crippen molar-refractivity contribution in [2.24, 2.45) is 0 Å². The van der Waals surface area contributed by atoms with Crippen molar-refractivity contribution in [3.05, 3.63) is 243 Å². The second kappa shape index (κ2) is 14.2. The highest BCUT2D eigenvalue weighted by atomic mass is 14.2. The van der Waals surface area contributed by atoms with E-state index in [-0.39, 0.29) is 0 Å². The lowest BCUT2D eigenvalue weighted by Crippen LogP contribution is -1.89. The summed E-state index contributed by atoms with van der Waals surface area (Å²) in [5.74, 6) is 0. The zero-order chi connectivity index (χ0) is 45.6. The van der Waals surface area contributed by atoms with Crippen molar-refractivity contribution >= 4 is 140 Å². The Labute approximate surface area is 402 Å². The van der Waals surface area contributed by atoms with Crippen LogP contribution in [0.3, 0.4) is 0 Å². The van der Waals surface area contributed by atoms with Crippen LogP contribution in [0.1, 0.15) is 0 Å². The molecule has 16 aromatic carbocycles. The van der Waals surface area contributed by atoms with E-state index in [1.165, 1.54) is 162 Å². The molecule has 0 nitrogen and oxygen atoms in total. The first-order chi connectivity index (χ1) is 34.7. The van der Waals surface area contributed by atoms with Gasteiger partial charge in [-0.2, -0.15) is 0 Å². The van der Waals surface area contributed by atoms with Crippen molar-refractivity contribution in [1.82, 2.24) is 0 Å². The molecule has 0 aliphatic carbocycles. The smallest absolute Gasteiger partial charge is 0.00926 e. The van der Waals surface area contributed by atoms with Crippen LogP contribution in [0.25, 0.3) is 162 Å². The van der Waals surface area contributed by atoms with Crippen LogP contribution in [0.2, 0.25) is 0 Å². The lowest BCUT2D eigenvalue weighted by atomic mass is 9.87. The molecule has 0 heteroatoms. The first-order valence-corrected chi connectivity index (χ1v) is 24.5. The Balaban J connectivity index is 0.873. The van der Waals surface area contributed by atoms with E-state index in [2.05, 4.69) is 243 Å². The van der Waals surface area contributed by atoms with Crippen molar-refractivity contribution in [3.63, 3.8) is 0 Å². The molecular weight excluding hydrogens is 841 g/mol. The van der Waals surface area contributed by atoms with Gasteiger partial charge in [0.25, 0.3) is 0 Å². The van der Waals surface area contributed by atoms with Gasteiger partial charge in [0.15, 0.2) is 0 Å². The Hall–Kier alpha value is -9.10. The maximum absolute atomic E-state index is 2.46. The summed E-state index contributed by atoms with van der Waals surface area (Å²) in [7, 11) is 0. The van der Waals surface area contributed by atoms with Gasteiger partial charge < -0.3 is 0 Å². The van der Waals surface area contributed by atoms with E-state index in [0.29, 0.717) is 0 Å². The van der Waals surface area contributed by atoms with Gasteiger partial charge in [-0.1, -0.05) is 218 Å². The van der Waals surface area contributed by atoms with Gasteiger partial charge in [-0.25, -0.2) is 0 Å². The Kier molecular flexibility index (Phi) is 7.70. The molecule has 0 fully saturated rings. The van der Waals surface area contributed by atoms with Crippen LogP contribution in [0.15, 0.2) is 243 Å². The zero-order valence-electron chi connectivity index (χ0n) is 38.1. The van der Waals surface area contributed by atoms with Gasteiger partial charge in [0, 0.05) is 0 Å². The van der Waals surface area contributed by atoms with Gasteiger partial charge in [-0.05, 0) is 187 Å². The van der Waals surface area contributed by atoms with E-state index in [4.69, 9.17) is 0 Å². The number of hydrogen-bond acceptors (Lipinski definition) is 0. The molecule has 0 radical (unpaired) electrons. The first-order valence-electron chi connectivity index (χ1n) is 24.5. The minimum Gasteiger partial charge on any atom is -0.0616 e. The van der Waals surface area contributed by atoms with Gasteiger partial charge in [-0.15, -0.1) is 0 Å². The zero-order valence-corrected chi connectivity index (χ0v) is 38.1. The molecule has 0 spiro atoms. The van der Waals surface area contributed by atoms with Crippen molar-refractivity contribution in [3.8, 4) is 22.3 Å². The van der Waals surface area contributed by atoms with E-state index < -0.39 is 0 Å². The van der Waals surface area contributed by atoms with E-state index in [0.717, 1.165) is 0 Å². The quantitative estimate of drug-likeness (QED) is 0.152. The highest BCUT2D eigenvalue weighted by molar-refractivity contribution is 6.30. The molecule has 0 bridgehead atoms. The van der Waals surface area contributed by atoms with E-state index in [1.54, 1.807) is 0 Å². The van der Waals surface area contributed by atoms with Crippen LogP contribution in [0.5, 0.6) is 0 Å². The van der Waals surface area contributed by atoms with Gasteiger partial charge >= 0.3 is 0 Å². The fourth-order valence-corrected chi connectivity index (χ4v) is 12.7. The molecule has 0 aliphatic heterocycles. The Morgan fingerprint density at radius 3 is 0.729 bits per heavy atom. The average Bonchev–Trinajstić information content (AvgIpc) is 3.43. The van der Waals surface area contributed by atoms with Crippen LogP contribution in [0, 0.1) is 0 Å². The largest absolute Gasteiger partial charge is 0.0616 e. The van der Waals surface area contributed by atoms with Crippen molar-refractivity contribution in [2.75, 3.05) is 0 Å². The fourth-order valence-electron chi connectivity index (χ4n) is 12.7. The van der Waals surface area contributed by atoms with Crippen LogP contribution in [-0.2, 0) is 0 Å². The van der Waals surface area contributed by atoms with E-state index in [9.17, 15) is 0 Å². The molecule has 0 atom stereocenters. The maximum Gasteiger partial charge on any atom is -0.00926 e. The third-order valence-corrected chi connectivity index (χ3v) is 16.0. The Morgan fingerprint density at radius 2 is 0.371 bits per heavy atom. The molecule has 0 unspecified atom stereocenters. The Morgan fingerprint density at radius 1 is 0.129 bits per heavy atom. The summed E-state index contributed by atoms with van der Waals surface area (Å²) in [6.45, 7) is 0. The van der Waals surface area contributed by atoms with E-state index >= 15 is 0 Å². The molecule has 0 heterocycles. The molecule has 16 aromatic rings. The average molecular weight is 881 g/mol. The molecular formula is C70H40. The molecule has 0 amide bonds. The summed E-state index contributed by atoms with van der Waals surface area (Å²) in [6, 6.07) is 91.7. The van der Waals surface area contributed by atoms with Crippen LogP contribution < -0.4 is 0 Å². The lowest BCUT2D eigenvalue weighted by Gasteiger charge is -2.16. The third kappa shape index (κ3) is 5.31. The molecule has 70 heavy (non-hydrogen) atoms. The molecule has 0 aliphatic rings. The van der Waals surface area contributed by atoms with Gasteiger partial charge in [0.1, 0.15) is 0 Å². The molecule has 320 valence electrons. The fraction of sp³-hybridized carbons (Fsp3) is 0. The summed E-state index contributed by atoms with van der Waals surface area (Å²) in [5, 5.41) is 33.4. The monoisotopic (exact) mass is 880 g/mol. The second-order valence-electron chi connectivity index (χ2n) is 19.4. The summed E-state index contributed by atoms with van der Waals surface area (Å²) in [4.78, 5) is 0. The Bertz CT molecular complexity index is 4680. The molecule has 0 aromatic heterocycles. The highest BCUT2D eigenvalue weighted by Gasteiger charge is 2.17. The number of hydrogen-bond donors (Lipinski definition) is 0. The highest BCUT2D eigenvalue weighted by Crippen LogP contribution is 2.45. The van der Waals surface area contributed by atoms with Gasteiger partial charge in [0.05, 0.1) is 0 Å². The number of rotatable bonds is 2. The normalized spacial score (nSPS) is 12.3. The molecule has 0 N–H and O–H groups in total.